The Kier molecular flexibility index (Phi) is 8.21. The SMILES string of the molecule is C[C@@H]1CCC[C@H](N2CCC(c3c(-c4cnn(C(F)F)c4)ccc(Cl)c3F)=CC2=O)c2cc(ccn2)-c2c(cnn2C)NC1O. The third-order valence-electron chi connectivity index (χ3n) is 8.42. The molecule has 5 heterocycles. The van der Waals surface area contributed by atoms with Gasteiger partial charge in [0.1, 0.15) is 12.0 Å². The number of carbonyl (C=O) groups is 1. The first-order valence-corrected chi connectivity index (χ1v) is 14.7. The van der Waals surface area contributed by atoms with Crippen molar-refractivity contribution in [3.8, 4) is 22.4 Å². The summed E-state index contributed by atoms with van der Waals surface area (Å²) < 4.78 is 44.2. The van der Waals surface area contributed by atoms with Gasteiger partial charge in [-0.3, -0.25) is 14.5 Å². The summed E-state index contributed by atoms with van der Waals surface area (Å²) in [5.74, 6) is -1.12. The van der Waals surface area contributed by atoms with Gasteiger partial charge in [0, 0.05) is 54.7 Å². The van der Waals surface area contributed by atoms with E-state index in [4.69, 9.17) is 11.6 Å². The van der Waals surface area contributed by atoms with Crippen LogP contribution in [0.1, 0.15) is 56.5 Å². The number of aryl methyl sites for hydroxylation is 1. The first-order valence-electron chi connectivity index (χ1n) is 14.4. The standard InChI is InChI=1S/C31H31ClF3N7O2/c1-17-4-3-5-25(23-12-19(8-10-36-23)29-24(39-30(17)44)15-37-40(29)2)41-11-9-18(13-26(41)43)27-21(6-7-22(32)28(27)33)20-14-38-42(16-20)31(34)35/h6-8,10,12-17,25,30-31,39,44H,3-5,9,11H2,1-2H3/t17-,25+,30?/m1/s1. The van der Waals surface area contributed by atoms with Gasteiger partial charge in [-0.05, 0) is 48.6 Å². The fourth-order valence-electron chi connectivity index (χ4n) is 6.07. The average Bonchev–Trinajstić information content (AvgIpc) is 3.64. The van der Waals surface area contributed by atoms with E-state index in [2.05, 4.69) is 20.5 Å². The molecule has 3 aromatic heterocycles. The second kappa shape index (κ2) is 12.1. The van der Waals surface area contributed by atoms with Crippen molar-refractivity contribution in [3.63, 3.8) is 0 Å². The number of aliphatic hydroxyl groups excluding tert-OH is 1. The topological polar surface area (TPSA) is 101 Å². The number of alkyl halides is 2. The number of hydrogen-bond donors (Lipinski definition) is 2. The van der Waals surface area contributed by atoms with Crippen molar-refractivity contribution in [1.82, 2.24) is 29.4 Å². The van der Waals surface area contributed by atoms with Gasteiger partial charge in [0.25, 0.3) is 0 Å². The summed E-state index contributed by atoms with van der Waals surface area (Å²) >= 11 is 6.15. The maximum absolute atomic E-state index is 15.6. The highest BCUT2D eigenvalue weighted by Crippen LogP contribution is 2.40. The molecular formula is C31H31ClF3N7O2. The second-order valence-electron chi connectivity index (χ2n) is 11.2. The Morgan fingerprint density at radius 1 is 1.14 bits per heavy atom. The second-order valence-corrected chi connectivity index (χ2v) is 11.6. The molecule has 2 aliphatic rings. The lowest BCUT2D eigenvalue weighted by Gasteiger charge is -2.35. The molecule has 0 aliphatic carbocycles. The molecule has 0 saturated carbocycles. The molecule has 0 spiro atoms. The van der Waals surface area contributed by atoms with Gasteiger partial charge in [-0.1, -0.05) is 31.0 Å². The Morgan fingerprint density at radius 3 is 2.70 bits per heavy atom. The Balaban J connectivity index is 1.37. The van der Waals surface area contributed by atoms with E-state index >= 15 is 4.39 Å². The number of anilines is 1. The van der Waals surface area contributed by atoms with Crippen LogP contribution < -0.4 is 5.32 Å². The predicted octanol–water partition coefficient (Wildman–Crippen LogP) is 6.44. The molecule has 2 N–H and O–H groups in total. The van der Waals surface area contributed by atoms with Crippen molar-refractivity contribution >= 4 is 28.8 Å². The number of fused-ring (bicyclic) bond motifs is 4. The lowest BCUT2D eigenvalue weighted by Crippen LogP contribution is -2.38. The van der Waals surface area contributed by atoms with E-state index in [-0.39, 0.29) is 40.6 Å². The molecule has 1 aromatic carbocycles. The fraction of sp³-hybridized carbons (Fsp3) is 0.355. The summed E-state index contributed by atoms with van der Waals surface area (Å²) in [4.78, 5) is 20.2. The van der Waals surface area contributed by atoms with E-state index in [1.807, 2.05) is 26.1 Å². The number of rotatable bonds is 4. The van der Waals surface area contributed by atoms with Crippen LogP contribution in [0.25, 0.3) is 28.0 Å². The quantitative estimate of drug-likeness (QED) is 0.271. The zero-order valence-corrected chi connectivity index (χ0v) is 24.8. The Hall–Kier alpha value is -4.16. The van der Waals surface area contributed by atoms with Gasteiger partial charge in [0.15, 0.2) is 0 Å². The highest BCUT2D eigenvalue weighted by atomic mass is 35.5. The van der Waals surface area contributed by atoms with Crippen LogP contribution in [0, 0.1) is 11.7 Å². The molecule has 9 nitrogen and oxygen atoms in total. The number of pyridine rings is 1. The van der Waals surface area contributed by atoms with Crippen molar-refractivity contribution in [1.29, 1.82) is 0 Å². The van der Waals surface area contributed by atoms with E-state index in [1.54, 1.807) is 28.0 Å². The normalized spacial score (nSPS) is 20.9. The predicted molar refractivity (Wildman–Crippen MR) is 160 cm³/mol. The summed E-state index contributed by atoms with van der Waals surface area (Å²) in [5.41, 5.74) is 4.14. The number of halogens is 4. The summed E-state index contributed by atoms with van der Waals surface area (Å²) in [6, 6.07) is 6.33. The average molecular weight is 626 g/mol. The third kappa shape index (κ3) is 5.59. The summed E-state index contributed by atoms with van der Waals surface area (Å²) in [5, 5.41) is 22.0. The minimum absolute atomic E-state index is 0.0726. The van der Waals surface area contributed by atoms with E-state index in [9.17, 15) is 18.7 Å². The first kappa shape index (κ1) is 29.9. The number of benzene rings is 1. The number of nitrogens with zero attached hydrogens (tertiary/aromatic N) is 6. The van der Waals surface area contributed by atoms with E-state index in [0.717, 1.165) is 23.9 Å². The minimum Gasteiger partial charge on any atom is -0.374 e. The lowest BCUT2D eigenvalue weighted by molar-refractivity contribution is -0.129. The van der Waals surface area contributed by atoms with Crippen LogP contribution in [0.2, 0.25) is 5.02 Å². The van der Waals surface area contributed by atoms with E-state index in [0.29, 0.717) is 46.5 Å². The monoisotopic (exact) mass is 625 g/mol. The summed E-state index contributed by atoms with van der Waals surface area (Å²) in [6.07, 6.45) is 8.69. The maximum Gasteiger partial charge on any atom is 0.333 e. The summed E-state index contributed by atoms with van der Waals surface area (Å²) in [7, 11) is 1.82. The number of nitrogens with one attached hydrogen (secondary N) is 1. The van der Waals surface area contributed by atoms with Crippen LogP contribution in [0.5, 0.6) is 0 Å². The number of aromatic nitrogens is 5. The molecule has 1 unspecified atom stereocenters. The third-order valence-corrected chi connectivity index (χ3v) is 8.71. The van der Waals surface area contributed by atoms with Gasteiger partial charge >= 0.3 is 6.55 Å². The van der Waals surface area contributed by atoms with Crippen LogP contribution in [0.4, 0.5) is 18.9 Å². The maximum atomic E-state index is 15.6. The molecule has 230 valence electrons. The molecule has 4 aromatic rings. The van der Waals surface area contributed by atoms with E-state index < -0.39 is 18.6 Å². The minimum atomic E-state index is -2.85. The van der Waals surface area contributed by atoms with E-state index in [1.165, 1.54) is 18.3 Å². The van der Waals surface area contributed by atoms with Crippen LogP contribution in [-0.2, 0) is 11.8 Å². The van der Waals surface area contributed by atoms with Crippen LogP contribution in [0.15, 0.2) is 55.1 Å². The summed E-state index contributed by atoms with van der Waals surface area (Å²) in [6.45, 7) is -0.604. The molecule has 6 rings (SSSR count). The largest absolute Gasteiger partial charge is 0.374 e. The van der Waals surface area contributed by atoms with Crippen LogP contribution in [0.3, 0.4) is 0 Å². The molecule has 0 radical (unpaired) electrons. The van der Waals surface area contributed by atoms with Gasteiger partial charge in [-0.2, -0.15) is 19.0 Å². The zero-order chi connectivity index (χ0) is 31.1. The molecule has 0 fully saturated rings. The van der Waals surface area contributed by atoms with Crippen molar-refractivity contribution < 1.29 is 23.1 Å². The van der Waals surface area contributed by atoms with Crippen LogP contribution in [-0.4, -0.2) is 53.2 Å². The number of hydrogen-bond acceptors (Lipinski definition) is 6. The van der Waals surface area contributed by atoms with Crippen molar-refractivity contribution in [2.45, 2.75) is 51.4 Å². The number of carbonyl (C=O) groups excluding carboxylic acids is 1. The molecular weight excluding hydrogens is 595 g/mol. The molecule has 2 aliphatic heterocycles. The van der Waals surface area contributed by atoms with Gasteiger partial charge in [-0.25, -0.2) is 9.07 Å². The molecule has 13 heteroatoms. The van der Waals surface area contributed by atoms with Crippen molar-refractivity contribution in [3.05, 3.63) is 77.2 Å². The van der Waals surface area contributed by atoms with Crippen molar-refractivity contribution in [2.75, 3.05) is 11.9 Å². The molecule has 2 bridgehead atoms. The highest BCUT2D eigenvalue weighted by molar-refractivity contribution is 6.31. The van der Waals surface area contributed by atoms with Gasteiger partial charge < -0.3 is 15.3 Å². The molecule has 44 heavy (non-hydrogen) atoms. The zero-order valence-electron chi connectivity index (χ0n) is 24.1. The first-order chi connectivity index (χ1) is 21.1. The Labute approximate surface area is 257 Å². The molecule has 0 saturated heterocycles. The number of amides is 1. The van der Waals surface area contributed by atoms with Crippen LogP contribution >= 0.6 is 11.6 Å². The number of aliphatic hydroxyl groups is 1. The van der Waals surface area contributed by atoms with Gasteiger partial charge in [-0.15, -0.1) is 0 Å². The molecule has 3 atom stereocenters. The lowest BCUT2D eigenvalue weighted by atomic mass is 9.90. The van der Waals surface area contributed by atoms with Crippen molar-refractivity contribution in [2.24, 2.45) is 13.0 Å². The Morgan fingerprint density at radius 2 is 1.95 bits per heavy atom. The van der Waals surface area contributed by atoms with Gasteiger partial charge in [0.2, 0.25) is 5.91 Å². The van der Waals surface area contributed by atoms with Gasteiger partial charge in [0.05, 0.1) is 40.5 Å². The highest BCUT2D eigenvalue weighted by Gasteiger charge is 2.32. The fourth-order valence-corrected chi connectivity index (χ4v) is 6.23. The smallest absolute Gasteiger partial charge is 0.333 e. The molecule has 1 amide bonds. The Bertz CT molecular complexity index is 1740.